The van der Waals surface area contributed by atoms with Crippen molar-refractivity contribution in [1.82, 2.24) is 0 Å². The first-order valence-corrected chi connectivity index (χ1v) is 10.8. The van der Waals surface area contributed by atoms with E-state index in [0.717, 1.165) is 47.8 Å². The van der Waals surface area contributed by atoms with Crippen molar-refractivity contribution in [2.24, 2.45) is 0 Å². The smallest absolute Gasteiger partial charge is 0.151 e. The Kier molecular flexibility index (Phi) is 7.59. The molecular weight excluding hydrogens is 358 g/mol. The molecule has 0 unspecified atom stereocenters. The third kappa shape index (κ3) is 8.27. The lowest BCUT2D eigenvalue weighted by Gasteiger charge is -2.08. The molecule has 6 heteroatoms. The molecule has 4 nitrogen and oxygen atoms in total. The van der Waals surface area contributed by atoms with Crippen molar-refractivity contribution in [2.45, 2.75) is 25.0 Å². The highest BCUT2D eigenvalue weighted by molar-refractivity contribution is 7.89. The van der Waals surface area contributed by atoms with Crippen molar-refractivity contribution in [3.63, 3.8) is 0 Å². The number of nitrogens with one attached hydrogen (secondary N) is 1. The second-order valence-corrected chi connectivity index (χ2v) is 8.63. The molecule has 0 radical (unpaired) electrons. The van der Waals surface area contributed by atoms with Gasteiger partial charge in [-0.25, -0.2) is 8.42 Å². The molecule has 25 heavy (non-hydrogen) atoms. The number of hydrogen-bond donors (Lipinski definition) is 1. The molecule has 0 saturated carbocycles. The van der Waals surface area contributed by atoms with E-state index in [2.05, 4.69) is 5.32 Å². The molecule has 2 aromatic carbocycles. The van der Waals surface area contributed by atoms with Crippen LogP contribution in [0.1, 0.15) is 24.8 Å². The van der Waals surface area contributed by atoms with Crippen molar-refractivity contribution in [2.75, 3.05) is 24.7 Å². The van der Waals surface area contributed by atoms with E-state index in [1.807, 2.05) is 36.4 Å². The van der Waals surface area contributed by atoms with Crippen LogP contribution >= 0.6 is 11.6 Å². The Morgan fingerprint density at radius 3 is 2.28 bits per heavy atom. The van der Waals surface area contributed by atoms with Gasteiger partial charge in [0, 0.05) is 23.5 Å². The van der Waals surface area contributed by atoms with E-state index in [-0.39, 0.29) is 5.75 Å². The minimum Gasteiger partial charge on any atom is -0.494 e. The molecule has 136 valence electrons. The molecule has 0 saturated heterocycles. The summed E-state index contributed by atoms with van der Waals surface area (Å²) in [6.45, 7) is 1.58. The predicted molar refractivity (Wildman–Crippen MR) is 104 cm³/mol. The van der Waals surface area contributed by atoms with E-state index < -0.39 is 9.84 Å². The van der Waals surface area contributed by atoms with Gasteiger partial charge in [0.1, 0.15) is 5.75 Å². The number of rotatable bonds is 10. The zero-order valence-corrected chi connectivity index (χ0v) is 15.9. The number of halogens is 1. The molecule has 0 aromatic heterocycles. The lowest BCUT2D eigenvalue weighted by molar-refractivity contribution is 0.306. The molecule has 0 atom stereocenters. The van der Waals surface area contributed by atoms with Gasteiger partial charge in [-0.2, -0.15) is 0 Å². The first kappa shape index (κ1) is 19.6. The van der Waals surface area contributed by atoms with Gasteiger partial charge >= 0.3 is 0 Å². The SMILES string of the molecule is CS(=O)(=O)Cc1ccc(OCCCCCNc2ccc(Cl)cc2)cc1. The lowest BCUT2D eigenvalue weighted by atomic mass is 10.2. The fourth-order valence-corrected chi connectivity index (χ4v) is 3.30. The highest BCUT2D eigenvalue weighted by atomic mass is 35.5. The fourth-order valence-electron chi connectivity index (χ4n) is 2.38. The third-order valence-electron chi connectivity index (χ3n) is 3.62. The van der Waals surface area contributed by atoms with Gasteiger partial charge in [0.15, 0.2) is 9.84 Å². The average molecular weight is 382 g/mol. The van der Waals surface area contributed by atoms with Gasteiger partial charge in [0.2, 0.25) is 0 Å². The molecule has 0 spiro atoms. The summed E-state index contributed by atoms with van der Waals surface area (Å²) in [5, 5.41) is 4.10. The number of anilines is 1. The molecule has 0 aliphatic heterocycles. The summed E-state index contributed by atoms with van der Waals surface area (Å²) in [6, 6.07) is 14.9. The fraction of sp³-hybridized carbons (Fsp3) is 0.368. The Bertz CT molecular complexity index is 743. The van der Waals surface area contributed by atoms with Crippen LogP contribution in [0.3, 0.4) is 0 Å². The zero-order chi connectivity index (χ0) is 18.1. The van der Waals surface area contributed by atoms with Gasteiger partial charge in [-0.3, -0.25) is 0 Å². The van der Waals surface area contributed by atoms with E-state index in [9.17, 15) is 8.42 Å². The quantitative estimate of drug-likeness (QED) is 0.613. The highest BCUT2D eigenvalue weighted by Gasteiger charge is 2.04. The van der Waals surface area contributed by atoms with Crippen molar-refractivity contribution >= 4 is 27.1 Å². The first-order chi connectivity index (χ1) is 11.9. The Hall–Kier alpha value is -1.72. The predicted octanol–water partition coefficient (Wildman–Crippen LogP) is 4.55. The van der Waals surface area contributed by atoms with Crippen LogP contribution in [0.5, 0.6) is 5.75 Å². The summed E-state index contributed by atoms with van der Waals surface area (Å²) in [5.41, 5.74) is 1.86. The van der Waals surface area contributed by atoms with Crippen LogP contribution in [0.2, 0.25) is 5.02 Å². The zero-order valence-electron chi connectivity index (χ0n) is 14.4. The number of hydrogen-bond acceptors (Lipinski definition) is 4. The summed E-state index contributed by atoms with van der Waals surface area (Å²) in [6.07, 6.45) is 4.36. The van der Waals surface area contributed by atoms with Crippen LogP contribution in [0, 0.1) is 0 Å². The number of unbranched alkanes of at least 4 members (excludes halogenated alkanes) is 2. The van der Waals surface area contributed by atoms with Crippen LogP contribution in [0.25, 0.3) is 0 Å². The van der Waals surface area contributed by atoms with Gasteiger partial charge in [-0.1, -0.05) is 23.7 Å². The summed E-state index contributed by atoms with van der Waals surface area (Å²) in [4.78, 5) is 0. The maximum Gasteiger partial charge on any atom is 0.151 e. The Morgan fingerprint density at radius 1 is 0.960 bits per heavy atom. The Balaban J connectivity index is 1.57. The van der Waals surface area contributed by atoms with E-state index in [4.69, 9.17) is 16.3 Å². The minimum atomic E-state index is -3.00. The number of ether oxygens (including phenoxy) is 1. The van der Waals surface area contributed by atoms with Crippen molar-refractivity contribution in [3.05, 3.63) is 59.1 Å². The highest BCUT2D eigenvalue weighted by Crippen LogP contribution is 2.15. The van der Waals surface area contributed by atoms with E-state index in [1.54, 1.807) is 12.1 Å². The summed E-state index contributed by atoms with van der Waals surface area (Å²) < 4.78 is 28.2. The molecule has 0 aliphatic carbocycles. The van der Waals surface area contributed by atoms with Crippen LogP contribution < -0.4 is 10.1 Å². The van der Waals surface area contributed by atoms with Crippen LogP contribution in [-0.2, 0) is 15.6 Å². The molecule has 2 rings (SSSR count). The molecule has 0 heterocycles. The molecule has 0 bridgehead atoms. The Morgan fingerprint density at radius 2 is 1.64 bits per heavy atom. The Labute approximate surface area is 155 Å². The van der Waals surface area contributed by atoms with E-state index in [0.29, 0.717) is 6.61 Å². The monoisotopic (exact) mass is 381 g/mol. The summed E-state index contributed by atoms with van der Waals surface area (Å²) in [7, 11) is -3.00. The molecular formula is C19H24ClNO3S. The molecule has 0 fully saturated rings. The van der Waals surface area contributed by atoms with Crippen molar-refractivity contribution in [3.8, 4) is 5.75 Å². The summed E-state index contributed by atoms with van der Waals surface area (Å²) in [5.74, 6) is 0.838. The van der Waals surface area contributed by atoms with Crippen LogP contribution in [0.15, 0.2) is 48.5 Å². The lowest BCUT2D eigenvalue weighted by Crippen LogP contribution is -2.03. The number of sulfone groups is 1. The molecule has 0 aliphatic rings. The van der Waals surface area contributed by atoms with Gasteiger partial charge in [0.25, 0.3) is 0 Å². The van der Waals surface area contributed by atoms with E-state index in [1.165, 1.54) is 6.26 Å². The third-order valence-corrected chi connectivity index (χ3v) is 4.73. The van der Waals surface area contributed by atoms with Crippen molar-refractivity contribution < 1.29 is 13.2 Å². The second kappa shape index (κ2) is 9.68. The number of benzene rings is 2. The van der Waals surface area contributed by atoms with Crippen LogP contribution in [0.4, 0.5) is 5.69 Å². The van der Waals surface area contributed by atoms with Gasteiger partial charge in [-0.15, -0.1) is 0 Å². The molecule has 0 amide bonds. The maximum atomic E-state index is 11.2. The first-order valence-electron chi connectivity index (χ1n) is 8.31. The molecule has 2 aromatic rings. The standard InChI is InChI=1S/C19H24ClNO3S/c1-25(22,23)15-16-5-11-19(12-6-16)24-14-4-2-3-13-21-18-9-7-17(20)8-10-18/h5-12,21H,2-4,13-15H2,1H3. The van der Waals surface area contributed by atoms with Crippen LogP contribution in [-0.4, -0.2) is 27.8 Å². The maximum absolute atomic E-state index is 11.2. The largest absolute Gasteiger partial charge is 0.494 e. The normalized spacial score (nSPS) is 11.3. The van der Waals surface area contributed by atoms with Gasteiger partial charge in [0.05, 0.1) is 12.4 Å². The summed E-state index contributed by atoms with van der Waals surface area (Å²) >= 11 is 5.85. The molecule has 1 N–H and O–H groups in total. The van der Waals surface area contributed by atoms with Gasteiger partial charge < -0.3 is 10.1 Å². The topological polar surface area (TPSA) is 55.4 Å². The van der Waals surface area contributed by atoms with Gasteiger partial charge in [-0.05, 0) is 61.2 Å². The van der Waals surface area contributed by atoms with E-state index >= 15 is 0 Å². The average Bonchev–Trinajstić information content (AvgIpc) is 2.56. The second-order valence-electron chi connectivity index (χ2n) is 6.06. The van der Waals surface area contributed by atoms with Crippen molar-refractivity contribution in [1.29, 1.82) is 0 Å². The minimum absolute atomic E-state index is 0.0634.